The van der Waals surface area contributed by atoms with Crippen LogP contribution in [-0.4, -0.2) is 17.3 Å². The van der Waals surface area contributed by atoms with Gasteiger partial charge in [0.15, 0.2) is 11.6 Å². The summed E-state index contributed by atoms with van der Waals surface area (Å²) in [6.07, 6.45) is 0. The molecule has 4 nitrogen and oxygen atoms in total. The van der Waals surface area contributed by atoms with Gasteiger partial charge < -0.3 is 9.15 Å². The Morgan fingerprint density at radius 2 is 1.79 bits per heavy atom. The lowest BCUT2D eigenvalue weighted by molar-refractivity contribution is 0.415. The van der Waals surface area contributed by atoms with Gasteiger partial charge in [0.25, 0.3) is 0 Å². The lowest BCUT2D eigenvalue weighted by Crippen LogP contribution is -1.90. The van der Waals surface area contributed by atoms with E-state index in [4.69, 9.17) is 9.15 Å². The number of hydrogen-bond donors (Lipinski definition) is 0. The van der Waals surface area contributed by atoms with Crippen LogP contribution in [0, 0.1) is 11.6 Å². The first-order valence-corrected chi connectivity index (χ1v) is 8.04. The Bertz CT molecular complexity index is 837. The Kier molecular flexibility index (Phi) is 4.80. The van der Waals surface area contributed by atoms with Gasteiger partial charge in [-0.1, -0.05) is 0 Å². The number of rotatable bonds is 5. The molecule has 0 fully saturated rings. The molecule has 1 atom stereocenters. The van der Waals surface area contributed by atoms with Crippen LogP contribution in [0.5, 0.6) is 5.75 Å². The van der Waals surface area contributed by atoms with E-state index in [0.717, 1.165) is 23.4 Å². The normalized spacial score (nSPS) is 12.2. The van der Waals surface area contributed by atoms with E-state index < -0.39 is 11.6 Å². The van der Waals surface area contributed by atoms with Crippen molar-refractivity contribution in [2.24, 2.45) is 0 Å². The first-order valence-electron chi connectivity index (χ1n) is 7.16. The molecule has 1 aromatic heterocycles. The van der Waals surface area contributed by atoms with Crippen molar-refractivity contribution in [3.05, 3.63) is 60.0 Å². The fourth-order valence-electron chi connectivity index (χ4n) is 2.05. The molecule has 2 aromatic carbocycles. The molecule has 0 spiro atoms. The van der Waals surface area contributed by atoms with Gasteiger partial charge in [-0.2, -0.15) is 0 Å². The Hall–Kier alpha value is -2.41. The zero-order valence-electron chi connectivity index (χ0n) is 13.0. The first-order chi connectivity index (χ1) is 11.6. The fraction of sp³-hybridized carbons (Fsp3) is 0.176. The molecule has 0 N–H and O–H groups in total. The molecule has 0 saturated carbocycles. The van der Waals surface area contributed by atoms with Crippen LogP contribution in [-0.2, 0) is 0 Å². The van der Waals surface area contributed by atoms with E-state index in [9.17, 15) is 8.78 Å². The van der Waals surface area contributed by atoms with Gasteiger partial charge in [0, 0.05) is 10.5 Å². The monoisotopic (exact) mass is 348 g/mol. The van der Waals surface area contributed by atoms with Gasteiger partial charge in [-0.25, -0.2) is 8.78 Å². The summed E-state index contributed by atoms with van der Waals surface area (Å²) >= 11 is 1.31. The third-order valence-electron chi connectivity index (χ3n) is 3.33. The number of methoxy groups -OCH3 is 1. The Morgan fingerprint density at radius 3 is 2.46 bits per heavy atom. The summed E-state index contributed by atoms with van der Waals surface area (Å²) in [5.74, 6) is -0.204. The number of benzene rings is 2. The maximum Gasteiger partial charge on any atom is 0.247 e. The molecule has 3 aromatic rings. The van der Waals surface area contributed by atoms with E-state index in [1.54, 1.807) is 19.2 Å². The quantitative estimate of drug-likeness (QED) is 0.615. The highest BCUT2D eigenvalue weighted by Crippen LogP contribution is 2.35. The highest BCUT2D eigenvalue weighted by Gasteiger charge is 2.17. The van der Waals surface area contributed by atoms with Crippen LogP contribution in [0.3, 0.4) is 0 Å². The summed E-state index contributed by atoms with van der Waals surface area (Å²) in [4.78, 5) is 0.589. The maximum atomic E-state index is 13.3. The zero-order chi connectivity index (χ0) is 17.1. The summed E-state index contributed by atoms with van der Waals surface area (Å²) in [5.41, 5.74) is 0.777. The predicted octanol–water partition coefficient (Wildman–Crippen LogP) is 4.88. The highest BCUT2D eigenvalue weighted by molar-refractivity contribution is 7.99. The molecule has 0 aliphatic carbocycles. The number of ether oxygens (including phenoxy) is 1. The Balaban J connectivity index is 1.75. The highest BCUT2D eigenvalue weighted by atomic mass is 32.2. The summed E-state index contributed by atoms with van der Waals surface area (Å²) in [7, 11) is 1.59. The minimum absolute atomic E-state index is 0.200. The van der Waals surface area contributed by atoms with Crippen LogP contribution in [0.15, 0.2) is 51.8 Å². The van der Waals surface area contributed by atoms with E-state index in [2.05, 4.69) is 10.2 Å². The van der Waals surface area contributed by atoms with Crippen LogP contribution in [0.1, 0.15) is 18.1 Å². The van der Waals surface area contributed by atoms with Crippen molar-refractivity contribution in [3.63, 3.8) is 0 Å². The van der Waals surface area contributed by atoms with Crippen LogP contribution in [0.25, 0.3) is 11.5 Å². The Labute approximate surface area is 141 Å². The lowest BCUT2D eigenvalue weighted by Gasteiger charge is -2.06. The van der Waals surface area contributed by atoms with Crippen LogP contribution in [0.2, 0.25) is 0 Å². The van der Waals surface area contributed by atoms with Gasteiger partial charge in [-0.3, -0.25) is 0 Å². The third-order valence-corrected chi connectivity index (χ3v) is 4.41. The van der Waals surface area contributed by atoms with Crippen molar-refractivity contribution < 1.29 is 17.9 Å². The molecule has 0 amide bonds. The number of halogens is 2. The molecule has 0 unspecified atom stereocenters. The molecule has 0 bridgehead atoms. The molecule has 0 aliphatic heterocycles. The molecule has 124 valence electrons. The minimum atomic E-state index is -0.878. The summed E-state index contributed by atoms with van der Waals surface area (Å²) in [6, 6.07) is 11.0. The SMILES string of the molecule is COc1ccc(-c2nnc([C@@H](C)Sc3ccc(F)c(F)c3)o2)cc1. The largest absolute Gasteiger partial charge is 0.497 e. The predicted molar refractivity (Wildman–Crippen MR) is 86.9 cm³/mol. The fourth-order valence-corrected chi connectivity index (χ4v) is 2.98. The molecule has 24 heavy (non-hydrogen) atoms. The van der Waals surface area contributed by atoms with Crippen LogP contribution < -0.4 is 4.74 Å². The van der Waals surface area contributed by atoms with Crippen molar-refractivity contribution in [1.29, 1.82) is 0 Å². The minimum Gasteiger partial charge on any atom is -0.497 e. The standard InChI is InChI=1S/C17H14F2N2O2S/c1-10(24-13-7-8-14(18)15(19)9-13)16-20-21-17(23-16)11-3-5-12(22-2)6-4-11/h3-10H,1-2H3/t10-/m1/s1. The third kappa shape index (κ3) is 3.56. The van der Waals surface area contributed by atoms with Gasteiger partial charge in [-0.05, 0) is 49.4 Å². The average molecular weight is 348 g/mol. The van der Waals surface area contributed by atoms with E-state index in [0.29, 0.717) is 16.7 Å². The average Bonchev–Trinajstić information content (AvgIpc) is 3.08. The Morgan fingerprint density at radius 1 is 1.04 bits per heavy atom. The van der Waals surface area contributed by atoms with Gasteiger partial charge >= 0.3 is 0 Å². The van der Waals surface area contributed by atoms with E-state index in [1.807, 2.05) is 19.1 Å². The lowest BCUT2D eigenvalue weighted by atomic mass is 10.2. The second-order valence-corrected chi connectivity index (χ2v) is 6.42. The zero-order valence-corrected chi connectivity index (χ0v) is 13.8. The van der Waals surface area contributed by atoms with Crippen molar-refractivity contribution in [2.45, 2.75) is 17.1 Å². The van der Waals surface area contributed by atoms with Gasteiger partial charge in [-0.15, -0.1) is 22.0 Å². The van der Waals surface area contributed by atoms with Gasteiger partial charge in [0.1, 0.15) is 5.75 Å². The molecule has 1 heterocycles. The van der Waals surface area contributed by atoms with Crippen molar-refractivity contribution in [1.82, 2.24) is 10.2 Å². The summed E-state index contributed by atoms with van der Waals surface area (Å²) < 4.78 is 37.0. The topological polar surface area (TPSA) is 48.2 Å². The molecule has 0 aliphatic rings. The van der Waals surface area contributed by atoms with Crippen LogP contribution >= 0.6 is 11.8 Å². The molecular formula is C17H14F2N2O2S. The van der Waals surface area contributed by atoms with Crippen molar-refractivity contribution >= 4 is 11.8 Å². The summed E-state index contributed by atoms with van der Waals surface area (Å²) in [6.45, 7) is 1.86. The summed E-state index contributed by atoms with van der Waals surface area (Å²) in [5, 5.41) is 7.87. The first kappa shape index (κ1) is 16.4. The van der Waals surface area contributed by atoms with Gasteiger partial charge in [0.05, 0.1) is 12.4 Å². The number of thioether (sulfide) groups is 1. The smallest absolute Gasteiger partial charge is 0.247 e. The second-order valence-electron chi connectivity index (χ2n) is 5.01. The van der Waals surface area contributed by atoms with E-state index in [-0.39, 0.29) is 5.25 Å². The maximum absolute atomic E-state index is 13.3. The van der Waals surface area contributed by atoms with Crippen molar-refractivity contribution in [3.8, 4) is 17.2 Å². The number of hydrogen-bond acceptors (Lipinski definition) is 5. The second kappa shape index (κ2) is 7.00. The number of aromatic nitrogens is 2. The molecular weight excluding hydrogens is 334 g/mol. The van der Waals surface area contributed by atoms with E-state index >= 15 is 0 Å². The number of nitrogens with zero attached hydrogens (tertiary/aromatic N) is 2. The molecule has 3 rings (SSSR count). The molecule has 7 heteroatoms. The van der Waals surface area contributed by atoms with Crippen LogP contribution in [0.4, 0.5) is 8.78 Å². The molecule has 0 radical (unpaired) electrons. The van der Waals surface area contributed by atoms with E-state index in [1.165, 1.54) is 17.8 Å². The van der Waals surface area contributed by atoms with Gasteiger partial charge in [0.2, 0.25) is 11.8 Å². The van der Waals surface area contributed by atoms with Crippen molar-refractivity contribution in [2.75, 3.05) is 7.11 Å². The molecule has 0 saturated heterocycles.